The van der Waals surface area contributed by atoms with Crippen molar-refractivity contribution in [3.63, 3.8) is 0 Å². The molecular formula is C19H18Cl2FN3O2. The standard InChI is InChI=1S/C19H18Cl2FN3O2/c20-16-8-15(2-1-14(16)9-22)24-19(27)25-5-3-13(4-6-25)18-17(21)7-12(11-26)10-23-18/h1-3,7-8,10,26H,4-6,9,11H2,(H,24,27). The molecule has 0 unspecified atom stereocenters. The molecule has 0 bridgehead atoms. The van der Waals surface area contributed by atoms with Gasteiger partial charge in [-0.15, -0.1) is 0 Å². The number of amides is 2. The smallest absolute Gasteiger partial charge is 0.322 e. The number of urea groups is 1. The Morgan fingerprint density at radius 2 is 2.11 bits per heavy atom. The van der Waals surface area contributed by atoms with Crippen LogP contribution in [0, 0.1) is 0 Å². The lowest BCUT2D eigenvalue weighted by atomic mass is 10.0. The van der Waals surface area contributed by atoms with Crippen LogP contribution in [0.3, 0.4) is 0 Å². The Hall–Kier alpha value is -2.15. The molecule has 2 heterocycles. The number of hydrogen-bond acceptors (Lipinski definition) is 3. The number of aromatic nitrogens is 1. The van der Waals surface area contributed by atoms with E-state index in [1.54, 1.807) is 29.3 Å². The largest absolute Gasteiger partial charge is 0.392 e. The minimum atomic E-state index is -0.650. The summed E-state index contributed by atoms with van der Waals surface area (Å²) < 4.78 is 12.7. The molecule has 0 saturated carbocycles. The number of carbonyl (C=O) groups is 1. The summed E-state index contributed by atoms with van der Waals surface area (Å²) >= 11 is 12.2. The van der Waals surface area contributed by atoms with Crippen LogP contribution in [-0.2, 0) is 13.3 Å². The molecule has 1 aliphatic heterocycles. The summed E-state index contributed by atoms with van der Waals surface area (Å²) in [5, 5.41) is 12.7. The summed E-state index contributed by atoms with van der Waals surface area (Å²) in [6.07, 6.45) is 4.11. The average Bonchev–Trinajstić information content (AvgIpc) is 2.68. The first-order valence-corrected chi connectivity index (χ1v) is 9.12. The van der Waals surface area contributed by atoms with Gasteiger partial charge in [-0.25, -0.2) is 9.18 Å². The lowest BCUT2D eigenvalue weighted by molar-refractivity contribution is 0.217. The summed E-state index contributed by atoms with van der Waals surface area (Å²) in [5.74, 6) is 0. The van der Waals surface area contributed by atoms with E-state index in [-0.39, 0.29) is 17.7 Å². The maximum atomic E-state index is 12.7. The van der Waals surface area contributed by atoms with E-state index in [0.29, 0.717) is 47.0 Å². The molecule has 0 fully saturated rings. The summed E-state index contributed by atoms with van der Waals surface area (Å²) in [5.41, 5.74) is 3.18. The number of nitrogens with one attached hydrogen (secondary N) is 1. The SMILES string of the molecule is O=C(Nc1ccc(CF)c(Cl)c1)N1CC=C(c2ncc(CO)cc2Cl)CC1. The van der Waals surface area contributed by atoms with Gasteiger partial charge in [-0.2, -0.15) is 0 Å². The fourth-order valence-electron chi connectivity index (χ4n) is 2.80. The number of rotatable bonds is 4. The number of benzene rings is 1. The van der Waals surface area contributed by atoms with E-state index < -0.39 is 6.67 Å². The molecule has 2 aromatic rings. The van der Waals surface area contributed by atoms with Crippen molar-refractivity contribution in [3.05, 3.63) is 63.4 Å². The number of pyridine rings is 1. The van der Waals surface area contributed by atoms with E-state index in [2.05, 4.69) is 10.3 Å². The minimum Gasteiger partial charge on any atom is -0.392 e. The maximum absolute atomic E-state index is 12.7. The van der Waals surface area contributed by atoms with Crippen molar-refractivity contribution in [3.8, 4) is 0 Å². The zero-order chi connectivity index (χ0) is 19.4. The Morgan fingerprint density at radius 3 is 2.70 bits per heavy atom. The van der Waals surface area contributed by atoms with Gasteiger partial charge in [0.2, 0.25) is 0 Å². The molecule has 2 amide bonds. The van der Waals surface area contributed by atoms with Crippen LogP contribution in [0.2, 0.25) is 10.0 Å². The molecule has 0 radical (unpaired) electrons. The minimum absolute atomic E-state index is 0.115. The van der Waals surface area contributed by atoms with Crippen LogP contribution in [0.1, 0.15) is 23.2 Å². The molecule has 142 valence electrons. The van der Waals surface area contributed by atoms with Gasteiger partial charge in [0, 0.05) is 35.6 Å². The van der Waals surface area contributed by atoms with Gasteiger partial charge in [0.25, 0.3) is 0 Å². The van der Waals surface area contributed by atoms with Crippen molar-refractivity contribution in [2.75, 3.05) is 18.4 Å². The van der Waals surface area contributed by atoms with Crippen molar-refractivity contribution in [1.29, 1.82) is 0 Å². The second kappa shape index (κ2) is 8.69. The monoisotopic (exact) mass is 409 g/mol. The van der Waals surface area contributed by atoms with Gasteiger partial charge in [0.1, 0.15) is 6.67 Å². The number of halogens is 3. The molecule has 2 N–H and O–H groups in total. The Kier molecular flexibility index (Phi) is 6.31. The van der Waals surface area contributed by atoms with Crippen LogP contribution in [0.5, 0.6) is 0 Å². The zero-order valence-electron chi connectivity index (χ0n) is 14.4. The number of hydrogen-bond donors (Lipinski definition) is 2. The normalized spacial score (nSPS) is 14.1. The van der Waals surface area contributed by atoms with Gasteiger partial charge in [-0.05, 0) is 35.8 Å². The molecule has 1 aromatic carbocycles. The van der Waals surface area contributed by atoms with Gasteiger partial charge in [-0.1, -0.05) is 35.3 Å². The number of aliphatic hydroxyl groups excluding tert-OH is 1. The van der Waals surface area contributed by atoms with E-state index in [4.69, 9.17) is 28.3 Å². The van der Waals surface area contributed by atoms with Crippen molar-refractivity contribution < 1.29 is 14.3 Å². The quantitative estimate of drug-likeness (QED) is 0.770. The second-order valence-electron chi connectivity index (χ2n) is 6.13. The first-order valence-electron chi connectivity index (χ1n) is 8.37. The topological polar surface area (TPSA) is 65.5 Å². The lowest BCUT2D eigenvalue weighted by Crippen LogP contribution is -2.38. The summed E-state index contributed by atoms with van der Waals surface area (Å²) in [4.78, 5) is 18.4. The predicted octanol–water partition coefficient (Wildman–Crippen LogP) is 4.67. The van der Waals surface area contributed by atoms with Crippen molar-refractivity contribution in [1.82, 2.24) is 9.88 Å². The molecule has 5 nitrogen and oxygen atoms in total. The Morgan fingerprint density at radius 1 is 1.30 bits per heavy atom. The summed E-state index contributed by atoms with van der Waals surface area (Å²) in [7, 11) is 0. The van der Waals surface area contributed by atoms with Gasteiger partial charge in [-0.3, -0.25) is 4.98 Å². The summed E-state index contributed by atoms with van der Waals surface area (Å²) in [6, 6.07) is 6.14. The van der Waals surface area contributed by atoms with Crippen LogP contribution in [0.4, 0.5) is 14.9 Å². The second-order valence-corrected chi connectivity index (χ2v) is 6.94. The molecule has 8 heteroatoms. The predicted molar refractivity (Wildman–Crippen MR) is 105 cm³/mol. The lowest BCUT2D eigenvalue weighted by Gasteiger charge is -2.27. The fourth-order valence-corrected chi connectivity index (χ4v) is 3.35. The van der Waals surface area contributed by atoms with Crippen molar-refractivity contribution in [2.45, 2.75) is 19.7 Å². The van der Waals surface area contributed by atoms with Crippen molar-refractivity contribution >= 4 is 40.5 Å². The molecule has 3 rings (SSSR count). The number of aliphatic hydroxyl groups is 1. The molecular weight excluding hydrogens is 392 g/mol. The van der Waals surface area contributed by atoms with E-state index in [1.807, 2.05) is 6.08 Å². The number of nitrogens with zero attached hydrogens (tertiary/aromatic N) is 2. The highest BCUT2D eigenvalue weighted by atomic mass is 35.5. The zero-order valence-corrected chi connectivity index (χ0v) is 15.9. The molecule has 1 aromatic heterocycles. The first-order chi connectivity index (χ1) is 13.0. The molecule has 1 aliphatic rings. The van der Waals surface area contributed by atoms with E-state index in [0.717, 1.165) is 5.57 Å². The highest BCUT2D eigenvalue weighted by Crippen LogP contribution is 2.28. The van der Waals surface area contributed by atoms with Crippen LogP contribution in [-0.4, -0.2) is 34.1 Å². The highest BCUT2D eigenvalue weighted by Gasteiger charge is 2.20. The average molecular weight is 410 g/mol. The molecule has 27 heavy (non-hydrogen) atoms. The van der Waals surface area contributed by atoms with E-state index in [9.17, 15) is 9.18 Å². The molecule has 0 spiro atoms. The molecule has 0 atom stereocenters. The number of carbonyl (C=O) groups excluding carboxylic acids is 1. The van der Waals surface area contributed by atoms with Gasteiger partial charge >= 0.3 is 6.03 Å². The Balaban J connectivity index is 1.65. The number of alkyl halides is 1. The van der Waals surface area contributed by atoms with Gasteiger partial charge in [0.05, 0.1) is 17.3 Å². The van der Waals surface area contributed by atoms with Crippen LogP contribution < -0.4 is 5.32 Å². The Labute approximate surface area is 166 Å². The third-order valence-corrected chi connectivity index (χ3v) is 4.97. The molecule has 0 aliphatic carbocycles. The van der Waals surface area contributed by atoms with E-state index >= 15 is 0 Å². The third kappa shape index (κ3) is 4.58. The van der Waals surface area contributed by atoms with Crippen molar-refractivity contribution in [2.24, 2.45) is 0 Å². The van der Waals surface area contributed by atoms with Gasteiger partial charge in [0.15, 0.2) is 0 Å². The van der Waals surface area contributed by atoms with Crippen LogP contribution in [0.15, 0.2) is 36.5 Å². The van der Waals surface area contributed by atoms with E-state index in [1.165, 1.54) is 6.07 Å². The maximum Gasteiger partial charge on any atom is 0.322 e. The third-order valence-electron chi connectivity index (χ3n) is 4.33. The first kappa shape index (κ1) is 19.6. The van der Waals surface area contributed by atoms with Crippen LogP contribution >= 0.6 is 23.2 Å². The fraction of sp³-hybridized carbons (Fsp3) is 0.263. The Bertz CT molecular complexity index is 889. The van der Waals surface area contributed by atoms with Gasteiger partial charge < -0.3 is 15.3 Å². The highest BCUT2D eigenvalue weighted by molar-refractivity contribution is 6.32. The molecule has 0 saturated heterocycles. The number of anilines is 1. The summed E-state index contributed by atoms with van der Waals surface area (Å²) in [6.45, 7) is 0.157. The van der Waals surface area contributed by atoms with Crippen LogP contribution in [0.25, 0.3) is 5.57 Å².